The highest BCUT2D eigenvalue weighted by Crippen LogP contribution is 2.75. The monoisotopic (exact) mass is 587 g/mol. The van der Waals surface area contributed by atoms with E-state index in [2.05, 4.69) is 44.4 Å². The van der Waals surface area contributed by atoms with E-state index in [0.29, 0.717) is 46.0 Å². The number of aromatic carboxylic acids is 1. The summed E-state index contributed by atoms with van der Waals surface area (Å²) in [6.45, 7) is 13.8. The van der Waals surface area contributed by atoms with Crippen molar-refractivity contribution in [3.8, 4) is 0 Å². The molecule has 1 aromatic rings. The first-order chi connectivity index (χ1) is 20.5. The van der Waals surface area contributed by atoms with Gasteiger partial charge in [-0.25, -0.2) is 9.59 Å². The standard InChI is InChI=1S/C37H53N3O3/c1-24-27(25-7-9-26(10-8-25)32(41)42)13-16-34(2)28(24)14-17-36(4)31(34)12-11-29-30-6-5-15-37(30,19-18-35(29,36)3)39-33(43)40-22-20-38-21-23-40/h7-10,13,24,28-31,38H,5-6,11-12,14-23H2,1-4H3,(H,39,43)(H,41,42)/t24?,28?,29?,30?,31?,34?,35-,36?,37?/m1/s1. The first kappa shape index (κ1) is 29.4. The molecule has 2 amide bonds. The number of piperazine rings is 1. The van der Waals surface area contributed by atoms with Crippen LogP contribution in [0, 0.1) is 45.8 Å². The van der Waals surface area contributed by atoms with E-state index in [4.69, 9.17) is 0 Å². The van der Waals surface area contributed by atoms with Crippen LogP contribution >= 0.6 is 0 Å². The SMILES string of the molecule is CC1C(c2ccc(C(=O)O)cc2)=CCC2(C)C1CCC1(C)C2CCC2C3CCCC3(NC(=O)N3CCNCC3)CC[C@]21C. The molecule has 0 spiro atoms. The second-order valence-electron chi connectivity index (χ2n) is 16.1. The zero-order chi connectivity index (χ0) is 30.2. The number of carbonyl (C=O) groups is 2. The van der Waals surface area contributed by atoms with E-state index in [-0.39, 0.29) is 17.0 Å². The van der Waals surface area contributed by atoms with Gasteiger partial charge in [-0.1, -0.05) is 52.3 Å². The molecule has 6 aliphatic rings. The lowest BCUT2D eigenvalue weighted by Crippen LogP contribution is -2.68. The molecule has 4 saturated carbocycles. The van der Waals surface area contributed by atoms with E-state index in [1.54, 1.807) is 12.1 Å². The predicted molar refractivity (Wildman–Crippen MR) is 171 cm³/mol. The summed E-state index contributed by atoms with van der Waals surface area (Å²) in [5.74, 6) is 2.26. The molecule has 0 bridgehead atoms. The molecule has 8 unspecified atom stereocenters. The zero-order valence-electron chi connectivity index (χ0n) is 26.9. The fourth-order valence-corrected chi connectivity index (χ4v) is 12.4. The van der Waals surface area contributed by atoms with Crippen LogP contribution in [0.25, 0.3) is 5.57 Å². The molecule has 5 fully saturated rings. The molecular weight excluding hydrogens is 534 g/mol. The highest BCUT2D eigenvalue weighted by Gasteiger charge is 2.68. The summed E-state index contributed by atoms with van der Waals surface area (Å²) in [6, 6.07) is 7.74. The minimum absolute atomic E-state index is 0.0103. The van der Waals surface area contributed by atoms with Crippen molar-refractivity contribution in [2.45, 2.75) is 97.4 Å². The summed E-state index contributed by atoms with van der Waals surface area (Å²) < 4.78 is 0. The van der Waals surface area contributed by atoms with Gasteiger partial charge in [-0.15, -0.1) is 0 Å². The van der Waals surface area contributed by atoms with Crippen LogP contribution in [0.1, 0.15) is 108 Å². The largest absolute Gasteiger partial charge is 0.478 e. The van der Waals surface area contributed by atoms with Crippen molar-refractivity contribution in [2.24, 2.45) is 45.8 Å². The van der Waals surface area contributed by atoms with Gasteiger partial charge >= 0.3 is 12.0 Å². The predicted octanol–water partition coefficient (Wildman–Crippen LogP) is 7.21. The maximum atomic E-state index is 13.5. The molecule has 234 valence electrons. The van der Waals surface area contributed by atoms with Crippen LogP contribution < -0.4 is 10.6 Å². The van der Waals surface area contributed by atoms with Crippen molar-refractivity contribution < 1.29 is 14.7 Å². The number of hydrogen-bond donors (Lipinski definition) is 3. The zero-order valence-corrected chi connectivity index (χ0v) is 26.9. The number of amides is 2. The molecule has 5 aliphatic carbocycles. The van der Waals surface area contributed by atoms with Gasteiger partial charge in [0, 0.05) is 31.7 Å². The average Bonchev–Trinajstić information content (AvgIpc) is 3.42. The minimum Gasteiger partial charge on any atom is -0.478 e. The van der Waals surface area contributed by atoms with Gasteiger partial charge < -0.3 is 20.6 Å². The Hall–Kier alpha value is -2.34. The fourth-order valence-electron chi connectivity index (χ4n) is 12.4. The maximum Gasteiger partial charge on any atom is 0.335 e. The van der Waals surface area contributed by atoms with Crippen LogP contribution in [-0.4, -0.2) is 53.7 Å². The molecule has 7 rings (SSSR count). The first-order valence-electron chi connectivity index (χ1n) is 17.3. The maximum absolute atomic E-state index is 13.5. The Morgan fingerprint density at radius 2 is 1.63 bits per heavy atom. The lowest BCUT2D eigenvalue weighted by atomic mass is 9.34. The van der Waals surface area contributed by atoms with Crippen LogP contribution in [0.2, 0.25) is 0 Å². The summed E-state index contributed by atoms with van der Waals surface area (Å²) in [5.41, 5.74) is 3.86. The summed E-state index contributed by atoms with van der Waals surface area (Å²) in [6.07, 6.45) is 14.9. The number of rotatable bonds is 3. The first-order valence-corrected chi connectivity index (χ1v) is 17.3. The van der Waals surface area contributed by atoms with Crippen molar-refractivity contribution >= 4 is 17.6 Å². The molecule has 0 radical (unpaired) electrons. The number of carboxylic acid groups (broad SMARTS) is 1. The topological polar surface area (TPSA) is 81.7 Å². The second-order valence-corrected chi connectivity index (χ2v) is 16.1. The molecule has 0 aromatic heterocycles. The lowest BCUT2D eigenvalue weighted by molar-refractivity contribution is -0.210. The van der Waals surface area contributed by atoms with Crippen molar-refractivity contribution in [1.29, 1.82) is 0 Å². The number of nitrogens with zero attached hydrogens (tertiary/aromatic N) is 1. The van der Waals surface area contributed by atoms with E-state index < -0.39 is 5.97 Å². The molecular formula is C37H53N3O3. The van der Waals surface area contributed by atoms with E-state index in [1.165, 1.54) is 56.1 Å². The Labute approximate surface area is 258 Å². The molecule has 1 heterocycles. The highest BCUT2D eigenvalue weighted by molar-refractivity contribution is 5.88. The van der Waals surface area contributed by atoms with E-state index in [0.717, 1.165) is 45.4 Å². The van der Waals surface area contributed by atoms with E-state index in [9.17, 15) is 14.7 Å². The van der Waals surface area contributed by atoms with Gasteiger partial charge in [0.25, 0.3) is 0 Å². The van der Waals surface area contributed by atoms with Crippen LogP contribution in [0.3, 0.4) is 0 Å². The van der Waals surface area contributed by atoms with Gasteiger partial charge in [0.05, 0.1) is 5.56 Å². The van der Waals surface area contributed by atoms with Crippen molar-refractivity contribution in [3.63, 3.8) is 0 Å². The number of urea groups is 1. The smallest absolute Gasteiger partial charge is 0.335 e. The molecule has 6 heteroatoms. The number of carbonyl (C=O) groups excluding carboxylic acids is 1. The van der Waals surface area contributed by atoms with Crippen LogP contribution in [0.4, 0.5) is 4.79 Å². The molecule has 6 nitrogen and oxygen atoms in total. The molecule has 1 saturated heterocycles. The third-order valence-electron chi connectivity index (χ3n) is 14.8. The van der Waals surface area contributed by atoms with Gasteiger partial charge in [-0.05, 0) is 127 Å². The Kier molecular flexibility index (Phi) is 7.07. The lowest BCUT2D eigenvalue weighted by Gasteiger charge is -2.71. The molecule has 3 N–H and O–H groups in total. The summed E-state index contributed by atoms with van der Waals surface area (Å²) >= 11 is 0. The molecule has 43 heavy (non-hydrogen) atoms. The number of benzene rings is 1. The second kappa shape index (κ2) is 10.4. The Bertz CT molecular complexity index is 1300. The Morgan fingerprint density at radius 1 is 0.884 bits per heavy atom. The number of hydrogen-bond acceptors (Lipinski definition) is 3. The van der Waals surface area contributed by atoms with Crippen LogP contribution in [0.15, 0.2) is 30.3 Å². The van der Waals surface area contributed by atoms with Gasteiger partial charge in [-0.3, -0.25) is 0 Å². The number of carboxylic acids is 1. The van der Waals surface area contributed by atoms with Crippen molar-refractivity contribution in [1.82, 2.24) is 15.5 Å². The third-order valence-corrected chi connectivity index (χ3v) is 14.8. The summed E-state index contributed by atoms with van der Waals surface area (Å²) in [5, 5.41) is 16.5. The van der Waals surface area contributed by atoms with Gasteiger partial charge in [0.2, 0.25) is 0 Å². The van der Waals surface area contributed by atoms with Crippen molar-refractivity contribution in [3.05, 3.63) is 41.5 Å². The van der Waals surface area contributed by atoms with Gasteiger partial charge in [0.15, 0.2) is 0 Å². The quantitative estimate of drug-likeness (QED) is 0.349. The number of nitrogens with one attached hydrogen (secondary N) is 2. The number of fused-ring (bicyclic) bond motifs is 7. The molecule has 1 aliphatic heterocycles. The Balaban J connectivity index is 1.14. The van der Waals surface area contributed by atoms with Gasteiger partial charge in [-0.2, -0.15) is 0 Å². The third kappa shape index (κ3) is 4.28. The number of allylic oxidation sites excluding steroid dienone is 2. The summed E-state index contributed by atoms with van der Waals surface area (Å²) in [7, 11) is 0. The van der Waals surface area contributed by atoms with Crippen LogP contribution in [-0.2, 0) is 0 Å². The van der Waals surface area contributed by atoms with Crippen LogP contribution in [0.5, 0.6) is 0 Å². The minimum atomic E-state index is -0.861. The molecule has 1 aromatic carbocycles. The highest BCUT2D eigenvalue weighted by atomic mass is 16.4. The van der Waals surface area contributed by atoms with Gasteiger partial charge in [0.1, 0.15) is 0 Å². The normalized spacial score (nSPS) is 43.9. The molecule has 9 atom stereocenters. The van der Waals surface area contributed by atoms with Crippen molar-refractivity contribution in [2.75, 3.05) is 26.2 Å². The van der Waals surface area contributed by atoms with E-state index >= 15 is 0 Å². The Morgan fingerprint density at radius 3 is 2.35 bits per heavy atom. The van der Waals surface area contributed by atoms with E-state index in [1.807, 2.05) is 17.0 Å². The fraction of sp³-hybridized carbons (Fsp3) is 0.730. The average molecular weight is 588 g/mol. The summed E-state index contributed by atoms with van der Waals surface area (Å²) in [4.78, 5) is 27.0.